The zero-order valence-corrected chi connectivity index (χ0v) is 19.1. The Hall–Kier alpha value is -2.79. The van der Waals surface area contributed by atoms with Crippen molar-refractivity contribution in [1.82, 2.24) is 0 Å². The molecule has 35 heavy (non-hydrogen) atoms. The maximum atomic E-state index is 14.5. The number of piperidine rings is 1. The van der Waals surface area contributed by atoms with Crippen molar-refractivity contribution in [1.29, 1.82) is 0 Å². The summed E-state index contributed by atoms with van der Waals surface area (Å²) in [5.41, 5.74) is -0.454. The minimum Gasteiger partial charge on any atom is -0.490 e. The van der Waals surface area contributed by atoms with Crippen LogP contribution in [0.4, 0.5) is 33.3 Å². The monoisotopic (exact) mass is 520 g/mol. The molecule has 1 amide bonds. The van der Waals surface area contributed by atoms with Crippen LogP contribution < -0.4 is 19.7 Å². The Labute approximate surface area is 202 Å². The van der Waals surface area contributed by atoms with E-state index < -0.39 is 41.5 Å². The number of halogens is 6. The second-order valence-corrected chi connectivity index (χ2v) is 8.99. The van der Waals surface area contributed by atoms with Gasteiger partial charge in [-0.05, 0) is 31.4 Å². The average molecular weight is 521 g/mol. The Morgan fingerprint density at radius 3 is 2.37 bits per heavy atom. The summed E-state index contributed by atoms with van der Waals surface area (Å²) < 4.78 is 76.2. The number of nitrogens with one attached hydrogen (secondary N) is 1. The molecule has 1 saturated heterocycles. The van der Waals surface area contributed by atoms with Crippen molar-refractivity contribution in [3.63, 3.8) is 0 Å². The predicted octanol–water partition coefficient (Wildman–Crippen LogP) is 4.85. The number of hydrogen-bond donors (Lipinski definition) is 2. The molecule has 2 N–H and O–H groups in total. The van der Waals surface area contributed by atoms with Gasteiger partial charge in [0.05, 0.1) is 10.7 Å². The molecule has 2 aliphatic rings. The van der Waals surface area contributed by atoms with Gasteiger partial charge in [0.2, 0.25) is 5.91 Å². The van der Waals surface area contributed by atoms with E-state index in [0.717, 1.165) is 5.56 Å². The van der Waals surface area contributed by atoms with Crippen molar-refractivity contribution in [3.05, 3.63) is 46.5 Å². The third-order valence-corrected chi connectivity index (χ3v) is 6.30. The summed E-state index contributed by atoms with van der Waals surface area (Å²) >= 11 is 6.16. The number of fused-ring (bicyclic) bond motifs is 1. The standard InChI is InChI=1S/C23H22ClF5N2O4/c24-15-2-3-18(14-1-4-19(32)30-20(14)15)35-11-22(33)5-7-31(8-6-22)21-16(25)9-13(10-17(21)26)34-12-23(27,28)29/h2-3,9-10,33H,1,4-8,11-12H2,(H,30,32). The number of ether oxygens (including phenoxy) is 2. The Morgan fingerprint density at radius 2 is 1.74 bits per heavy atom. The number of anilines is 2. The minimum atomic E-state index is -4.63. The molecule has 6 nitrogen and oxygen atoms in total. The molecule has 0 spiro atoms. The maximum Gasteiger partial charge on any atom is 0.422 e. The Kier molecular flexibility index (Phi) is 7.01. The van der Waals surface area contributed by atoms with Gasteiger partial charge in [0.15, 0.2) is 18.2 Å². The number of rotatable bonds is 6. The zero-order chi connectivity index (χ0) is 25.4. The van der Waals surface area contributed by atoms with E-state index in [4.69, 9.17) is 16.3 Å². The van der Waals surface area contributed by atoms with Gasteiger partial charge < -0.3 is 24.8 Å². The summed E-state index contributed by atoms with van der Waals surface area (Å²) in [6.45, 7) is -1.57. The molecule has 0 unspecified atom stereocenters. The quantitative estimate of drug-likeness (QED) is 0.533. The molecule has 0 atom stereocenters. The summed E-state index contributed by atoms with van der Waals surface area (Å²) in [7, 11) is 0. The van der Waals surface area contributed by atoms with Crippen LogP contribution in [0.5, 0.6) is 11.5 Å². The summed E-state index contributed by atoms with van der Waals surface area (Å²) in [6, 6.07) is 4.65. The van der Waals surface area contributed by atoms with E-state index in [1.807, 2.05) is 0 Å². The minimum absolute atomic E-state index is 0.0853. The van der Waals surface area contributed by atoms with Crippen molar-refractivity contribution in [2.75, 3.05) is 36.5 Å². The van der Waals surface area contributed by atoms with Gasteiger partial charge in [-0.3, -0.25) is 4.79 Å². The molecule has 2 aromatic carbocycles. The van der Waals surface area contributed by atoms with Gasteiger partial charge in [-0.25, -0.2) is 8.78 Å². The fourth-order valence-corrected chi connectivity index (χ4v) is 4.38. The molecule has 4 rings (SSSR count). The first-order chi connectivity index (χ1) is 16.4. The van der Waals surface area contributed by atoms with Crippen molar-refractivity contribution < 1.29 is 41.3 Å². The van der Waals surface area contributed by atoms with E-state index >= 15 is 0 Å². The zero-order valence-electron chi connectivity index (χ0n) is 18.4. The normalized spacial score (nSPS) is 17.6. The Balaban J connectivity index is 1.39. The number of carbonyl (C=O) groups excluding carboxylic acids is 1. The molecule has 2 aliphatic heterocycles. The van der Waals surface area contributed by atoms with E-state index in [0.29, 0.717) is 35.0 Å². The highest BCUT2D eigenvalue weighted by atomic mass is 35.5. The van der Waals surface area contributed by atoms with Crippen molar-refractivity contribution in [2.24, 2.45) is 0 Å². The molecule has 190 valence electrons. The van der Waals surface area contributed by atoms with Gasteiger partial charge in [0.25, 0.3) is 0 Å². The van der Waals surface area contributed by atoms with Crippen LogP contribution in [0, 0.1) is 11.6 Å². The second kappa shape index (κ2) is 9.69. The molecule has 2 aromatic rings. The number of amides is 1. The number of alkyl halides is 3. The number of carbonyl (C=O) groups is 1. The number of benzene rings is 2. The smallest absolute Gasteiger partial charge is 0.422 e. The summed E-state index contributed by atoms with van der Waals surface area (Å²) in [4.78, 5) is 13.1. The van der Waals surface area contributed by atoms with E-state index in [9.17, 15) is 31.9 Å². The van der Waals surface area contributed by atoms with Crippen LogP contribution in [0.1, 0.15) is 24.8 Å². The molecular weight excluding hydrogens is 499 g/mol. The maximum absolute atomic E-state index is 14.5. The number of nitrogens with zero attached hydrogens (tertiary/aromatic N) is 1. The second-order valence-electron chi connectivity index (χ2n) is 8.59. The number of hydrogen-bond acceptors (Lipinski definition) is 5. The molecule has 0 aromatic heterocycles. The summed E-state index contributed by atoms with van der Waals surface area (Å²) in [5, 5.41) is 14.1. The molecule has 12 heteroatoms. The highest BCUT2D eigenvalue weighted by Crippen LogP contribution is 2.38. The van der Waals surface area contributed by atoms with Crippen LogP contribution in [-0.4, -0.2) is 49.1 Å². The molecule has 0 aliphatic carbocycles. The van der Waals surface area contributed by atoms with Gasteiger partial charge in [0.1, 0.15) is 29.4 Å². The van der Waals surface area contributed by atoms with E-state index in [-0.39, 0.29) is 44.9 Å². The lowest BCUT2D eigenvalue weighted by molar-refractivity contribution is -0.153. The topological polar surface area (TPSA) is 71.0 Å². The summed E-state index contributed by atoms with van der Waals surface area (Å²) in [6.07, 6.45) is -3.66. The lowest BCUT2D eigenvalue weighted by Crippen LogP contribution is -2.48. The summed E-state index contributed by atoms with van der Waals surface area (Å²) in [5.74, 6) is -2.35. The van der Waals surface area contributed by atoms with Crippen molar-refractivity contribution in [3.8, 4) is 11.5 Å². The van der Waals surface area contributed by atoms with Crippen LogP contribution in [0.2, 0.25) is 5.02 Å². The predicted molar refractivity (Wildman–Crippen MR) is 118 cm³/mol. The molecule has 1 fully saturated rings. The Morgan fingerprint density at radius 1 is 1.09 bits per heavy atom. The lowest BCUT2D eigenvalue weighted by Gasteiger charge is -2.39. The van der Waals surface area contributed by atoms with Crippen molar-refractivity contribution >= 4 is 28.9 Å². The highest BCUT2D eigenvalue weighted by Gasteiger charge is 2.36. The molecule has 2 heterocycles. The van der Waals surface area contributed by atoms with Crippen LogP contribution in [0.3, 0.4) is 0 Å². The van der Waals surface area contributed by atoms with Crippen LogP contribution in [0.15, 0.2) is 24.3 Å². The van der Waals surface area contributed by atoms with Crippen molar-refractivity contribution in [2.45, 2.75) is 37.5 Å². The van der Waals surface area contributed by atoms with Crippen LogP contribution >= 0.6 is 11.6 Å². The number of aliphatic hydroxyl groups is 1. The van der Waals surface area contributed by atoms with Gasteiger partial charge in [-0.1, -0.05) is 11.6 Å². The van der Waals surface area contributed by atoms with Gasteiger partial charge >= 0.3 is 6.18 Å². The first-order valence-electron chi connectivity index (χ1n) is 10.8. The Bertz CT molecular complexity index is 1100. The molecule has 0 bridgehead atoms. The fraction of sp³-hybridized carbons (Fsp3) is 0.435. The van der Waals surface area contributed by atoms with E-state index in [1.165, 1.54) is 4.90 Å². The van der Waals surface area contributed by atoms with Gasteiger partial charge in [-0.2, -0.15) is 13.2 Å². The largest absolute Gasteiger partial charge is 0.490 e. The first-order valence-corrected chi connectivity index (χ1v) is 11.2. The molecular formula is C23H22ClF5N2O4. The molecule has 0 radical (unpaired) electrons. The molecule has 0 saturated carbocycles. The van der Waals surface area contributed by atoms with Crippen LogP contribution in [0.25, 0.3) is 0 Å². The van der Waals surface area contributed by atoms with E-state index in [2.05, 4.69) is 10.1 Å². The van der Waals surface area contributed by atoms with Gasteiger partial charge in [-0.15, -0.1) is 0 Å². The van der Waals surface area contributed by atoms with E-state index in [1.54, 1.807) is 12.1 Å². The van der Waals surface area contributed by atoms with Gasteiger partial charge in [0, 0.05) is 37.2 Å². The third-order valence-electron chi connectivity index (χ3n) is 5.99. The third kappa shape index (κ3) is 5.90. The van der Waals surface area contributed by atoms with Crippen LogP contribution in [-0.2, 0) is 11.2 Å². The lowest BCUT2D eigenvalue weighted by atomic mass is 9.92. The first kappa shape index (κ1) is 25.3. The SMILES string of the molecule is O=C1CCc2c(OCC3(O)CCN(c4c(F)cc(OCC(F)(F)F)cc4F)CC3)ccc(Cl)c2N1. The fourth-order valence-electron chi connectivity index (χ4n) is 4.15. The highest BCUT2D eigenvalue weighted by molar-refractivity contribution is 6.34. The average Bonchev–Trinajstić information content (AvgIpc) is 2.78.